The molecule has 4 aromatic rings. The van der Waals surface area contributed by atoms with E-state index in [0.717, 1.165) is 29.4 Å². The molecule has 2 N–H and O–H groups in total. The summed E-state index contributed by atoms with van der Waals surface area (Å²) in [5.41, 5.74) is 9.66. The van der Waals surface area contributed by atoms with Crippen LogP contribution >= 0.6 is 0 Å². The summed E-state index contributed by atoms with van der Waals surface area (Å²) in [6.45, 7) is 8.02. The molecule has 4 heterocycles. The summed E-state index contributed by atoms with van der Waals surface area (Å²) in [7, 11) is 1.67. The maximum atomic E-state index is 12.4. The molecule has 1 fully saturated rings. The van der Waals surface area contributed by atoms with Crippen molar-refractivity contribution in [2.75, 3.05) is 32.5 Å². The molecule has 3 aromatic heterocycles. The molecule has 38 heavy (non-hydrogen) atoms. The maximum absolute atomic E-state index is 12.4. The lowest BCUT2D eigenvalue weighted by atomic mass is 10.1. The van der Waals surface area contributed by atoms with Gasteiger partial charge in [0.15, 0.2) is 11.6 Å². The topological polar surface area (TPSA) is 126 Å². The molecule has 1 saturated heterocycles. The minimum atomic E-state index is -0.503. The van der Waals surface area contributed by atoms with Crippen molar-refractivity contribution in [3.8, 4) is 22.8 Å². The number of imidazole rings is 1. The second-order valence-electron chi connectivity index (χ2n) is 10.5. The van der Waals surface area contributed by atoms with Crippen molar-refractivity contribution in [1.29, 1.82) is 0 Å². The third-order valence-corrected chi connectivity index (χ3v) is 6.57. The van der Waals surface area contributed by atoms with E-state index in [0.29, 0.717) is 49.3 Å². The second-order valence-corrected chi connectivity index (χ2v) is 10.5. The molecule has 1 amide bonds. The fourth-order valence-corrected chi connectivity index (χ4v) is 4.68. The highest BCUT2D eigenvalue weighted by molar-refractivity contribution is 5.82. The Hall–Kier alpha value is -3.99. The lowest BCUT2D eigenvalue weighted by Gasteiger charge is -2.33. The zero-order valence-electron chi connectivity index (χ0n) is 22.3. The van der Waals surface area contributed by atoms with Gasteiger partial charge in [0.05, 0.1) is 41.8 Å². The zero-order chi connectivity index (χ0) is 26.9. The van der Waals surface area contributed by atoms with Gasteiger partial charge in [-0.25, -0.2) is 19.7 Å². The third-order valence-electron chi connectivity index (χ3n) is 6.57. The largest absolute Gasteiger partial charge is 0.444 e. The summed E-state index contributed by atoms with van der Waals surface area (Å²) in [5, 5.41) is 4.61. The van der Waals surface area contributed by atoms with E-state index in [1.54, 1.807) is 24.4 Å². The van der Waals surface area contributed by atoms with Gasteiger partial charge in [-0.1, -0.05) is 12.1 Å². The molecule has 11 nitrogen and oxygen atoms in total. The fraction of sp³-hybridized carbons (Fsp3) is 0.444. The van der Waals surface area contributed by atoms with Gasteiger partial charge in [-0.3, -0.25) is 4.68 Å². The van der Waals surface area contributed by atoms with Crippen molar-refractivity contribution >= 4 is 22.9 Å². The Morgan fingerprint density at radius 3 is 2.63 bits per heavy atom. The Morgan fingerprint density at radius 2 is 1.89 bits per heavy atom. The Morgan fingerprint density at radius 1 is 1.13 bits per heavy atom. The standard InChI is InChI=1S/C27H34N8O3/c1-27(2,3)38-26(36)33-11-9-19(10-12-33)35-17-18(15-30-35)21-16-29-24(28)23(31-21)25-32-20-7-5-6-8-22(20)34(25)13-14-37-4/h5-8,15-17,19H,9-14H2,1-4H3,(H2,28,29). The first-order valence-corrected chi connectivity index (χ1v) is 12.8. The highest BCUT2D eigenvalue weighted by atomic mass is 16.6. The summed E-state index contributed by atoms with van der Waals surface area (Å²) in [6, 6.07) is 8.11. The van der Waals surface area contributed by atoms with Gasteiger partial charge in [0.25, 0.3) is 0 Å². The predicted molar refractivity (Wildman–Crippen MR) is 144 cm³/mol. The van der Waals surface area contributed by atoms with E-state index in [-0.39, 0.29) is 12.1 Å². The molecule has 0 bridgehead atoms. The van der Waals surface area contributed by atoms with Crippen molar-refractivity contribution in [3.63, 3.8) is 0 Å². The molecule has 0 atom stereocenters. The van der Waals surface area contributed by atoms with Crippen LogP contribution in [0, 0.1) is 0 Å². The summed E-state index contributed by atoms with van der Waals surface area (Å²) in [6.07, 6.45) is 6.75. The average Bonchev–Trinajstić information content (AvgIpc) is 3.52. The number of nitrogen functional groups attached to an aromatic ring is 1. The quantitative estimate of drug-likeness (QED) is 0.403. The molecular formula is C27H34N8O3. The van der Waals surface area contributed by atoms with E-state index in [4.69, 9.17) is 25.2 Å². The highest BCUT2D eigenvalue weighted by Gasteiger charge is 2.28. The van der Waals surface area contributed by atoms with E-state index in [2.05, 4.69) is 14.6 Å². The SMILES string of the molecule is COCCn1c(-c2nc(-c3cnn(C4CCN(C(=O)OC(C)(C)C)CC4)c3)cnc2N)nc2ccccc21. The van der Waals surface area contributed by atoms with Crippen LogP contribution in [0.25, 0.3) is 33.8 Å². The van der Waals surface area contributed by atoms with Gasteiger partial charge in [-0.2, -0.15) is 5.10 Å². The first-order chi connectivity index (χ1) is 18.2. The molecule has 0 unspecified atom stereocenters. The van der Waals surface area contributed by atoms with E-state index in [1.165, 1.54) is 0 Å². The molecule has 11 heteroatoms. The smallest absolute Gasteiger partial charge is 0.410 e. The minimum absolute atomic E-state index is 0.182. The van der Waals surface area contributed by atoms with Crippen LogP contribution in [-0.4, -0.2) is 72.7 Å². The van der Waals surface area contributed by atoms with E-state index < -0.39 is 5.60 Å². The van der Waals surface area contributed by atoms with Gasteiger partial charge < -0.3 is 24.7 Å². The van der Waals surface area contributed by atoms with Crippen LogP contribution in [0.5, 0.6) is 0 Å². The van der Waals surface area contributed by atoms with Crippen LogP contribution in [0.15, 0.2) is 42.9 Å². The number of carbonyl (C=O) groups is 1. The number of nitrogens with zero attached hydrogens (tertiary/aromatic N) is 7. The first-order valence-electron chi connectivity index (χ1n) is 12.8. The number of piperidine rings is 1. The van der Waals surface area contributed by atoms with E-state index >= 15 is 0 Å². The number of amides is 1. The van der Waals surface area contributed by atoms with Crippen molar-refractivity contribution in [2.45, 2.75) is 51.8 Å². The first kappa shape index (κ1) is 25.7. The average molecular weight is 519 g/mol. The number of hydrogen-bond acceptors (Lipinski definition) is 8. The normalized spacial score (nSPS) is 14.8. The number of benzene rings is 1. The molecule has 0 radical (unpaired) electrons. The van der Waals surface area contributed by atoms with Gasteiger partial charge in [0.2, 0.25) is 0 Å². The van der Waals surface area contributed by atoms with Crippen LogP contribution in [0.3, 0.4) is 0 Å². The van der Waals surface area contributed by atoms with Crippen LogP contribution in [-0.2, 0) is 16.0 Å². The van der Waals surface area contributed by atoms with Crippen LogP contribution in [0.1, 0.15) is 39.7 Å². The molecule has 0 aliphatic carbocycles. The van der Waals surface area contributed by atoms with Gasteiger partial charge in [-0.15, -0.1) is 0 Å². The summed E-state index contributed by atoms with van der Waals surface area (Å²) >= 11 is 0. The lowest BCUT2D eigenvalue weighted by molar-refractivity contribution is 0.0185. The number of hydrogen-bond donors (Lipinski definition) is 1. The molecule has 1 aliphatic heterocycles. The van der Waals surface area contributed by atoms with Crippen molar-refractivity contribution < 1.29 is 14.3 Å². The van der Waals surface area contributed by atoms with Gasteiger partial charge in [-0.05, 0) is 45.7 Å². The van der Waals surface area contributed by atoms with Crippen molar-refractivity contribution in [2.24, 2.45) is 0 Å². The van der Waals surface area contributed by atoms with Crippen LogP contribution in [0.2, 0.25) is 0 Å². The molecule has 0 saturated carbocycles. The second kappa shape index (κ2) is 10.4. The molecular weight excluding hydrogens is 484 g/mol. The van der Waals surface area contributed by atoms with Gasteiger partial charge in [0.1, 0.15) is 11.3 Å². The Bertz CT molecular complexity index is 1430. The van der Waals surface area contributed by atoms with Crippen LogP contribution < -0.4 is 5.73 Å². The number of rotatable bonds is 6. The van der Waals surface area contributed by atoms with Gasteiger partial charge in [0, 0.05) is 38.5 Å². The zero-order valence-corrected chi connectivity index (χ0v) is 22.3. The molecule has 200 valence electrons. The number of anilines is 1. The number of fused-ring (bicyclic) bond motifs is 1. The molecule has 1 aromatic carbocycles. The van der Waals surface area contributed by atoms with Crippen LogP contribution in [0.4, 0.5) is 10.6 Å². The Labute approximate surface area is 221 Å². The number of nitrogens with two attached hydrogens (primary N) is 1. The maximum Gasteiger partial charge on any atom is 0.410 e. The monoisotopic (exact) mass is 518 g/mol. The number of carbonyl (C=O) groups excluding carboxylic acids is 1. The molecule has 5 rings (SSSR count). The third kappa shape index (κ3) is 5.33. The summed E-state index contributed by atoms with van der Waals surface area (Å²) in [4.78, 5) is 28.3. The number of aromatic nitrogens is 6. The predicted octanol–water partition coefficient (Wildman–Crippen LogP) is 4.16. The number of para-hydroxylation sites is 2. The van der Waals surface area contributed by atoms with Gasteiger partial charge >= 0.3 is 6.09 Å². The summed E-state index contributed by atoms with van der Waals surface area (Å²) < 4.78 is 14.8. The number of methoxy groups -OCH3 is 1. The molecule has 1 aliphatic rings. The number of likely N-dealkylation sites (tertiary alicyclic amines) is 1. The van der Waals surface area contributed by atoms with Crippen molar-refractivity contribution in [1.82, 2.24) is 34.2 Å². The fourth-order valence-electron chi connectivity index (χ4n) is 4.68. The van der Waals surface area contributed by atoms with E-state index in [1.807, 2.05) is 55.9 Å². The van der Waals surface area contributed by atoms with Crippen molar-refractivity contribution in [3.05, 3.63) is 42.9 Å². The summed E-state index contributed by atoms with van der Waals surface area (Å²) in [5.74, 6) is 0.960. The highest BCUT2D eigenvalue weighted by Crippen LogP contribution is 2.30. The Balaban J connectivity index is 1.37. The van der Waals surface area contributed by atoms with E-state index in [9.17, 15) is 4.79 Å². The molecule has 0 spiro atoms. The lowest BCUT2D eigenvalue weighted by Crippen LogP contribution is -2.42. The Kier molecular flexibility index (Phi) is 7.02. The number of ether oxygens (including phenoxy) is 2. The minimum Gasteiger partial charge on any atom is -0.444 e.